The summed E-state index contributed by atoms with van der Waals surface area (Å²) in [5.74, 6) is 2.46. The van der Waals surface area contributed by atoms with E-state index in [2.05, 4.69) is 46.7 Å². The molecule has 0 aromatic carbocycles. The van der Waals surface area contributed by atoms with E-state index in [9.17, 15) is 0 Å². The van der Waals surface area contributed by atoms with Crippen LogP contribution in [-0.2, 0) is 6.42 Å². The molecule has 30 heavy (non-hydrogen) atoms. The lowest BCUT2D eigenvalue weighted by Crippen LogP contribution is -2.53. The lowest BCUT2D eigenvalue weighted by atomic mass is 10.0. The van der Waals surface area contributed by atoms with Gasteiger partial charge >= 0.3 is 0 Å². The van der Waals surface area contributed by atoms with Crippen molar-refractivity contribution in [1.82, 2.24) is 10.2 Å². The number of hydrogen-bond donors (Lipinski definition) is 2. The van der Waals surface area contributed by atoms with E-state index in [1.54, 1.807) is 6.26 Å². The zero-order chi connectivity index (χ0) is 20.1. The number of nitrogens with one attached hydrogen (secondary N) is 2. The maximum Gasteiger partial charge on any atom is 0.139 e. The van der Waals surface area contributed by atoms with E-state index in [-0.39, 0.29) is 2.85 Å². The number of nitrogens with zero attached hydrogens (tertiary/aromatic N) is 2. The fourth-order valence-electron chi connectivity index (χ4n) is 5.01. The third-order valence-corrected chi connectivity index (χ3v) is 7.67. The molecule has 4 aliphatic rings. The predicted octanol–water partition coefficient (Wildman–Crippen LogP) is 5.03. The van der Waals surface area contributed by atoms with Crippen molar-refractivity contribution in [2.24, 2.45) is 16.8 Å². The molecule has 0 radical (unpaired) electrons. The summed E-state index contributed by atoms with van der Waals surface area (Å²) in [5, 5.41) is 8.76. The summed E-state index contributed by atoms with van der Waals surface area (Å²) < 4.78 is 5.23. The van der Waals surface area contributed by atoms with Gasteiger partial charge in [-0.3, -0.25) is 0 Å². The first-order valence-corrected chi connectivity index (χ1v) is 11.9. The number of anilines is 1. The number of amidine groups is 1. The molecule has 160 valence electrons. The van der Waals surface area contributed by atoms with Crippen LogP contribution in [0.5, 0.6) is 0 Å². The highest BCUT2D eigenvalue weighted by molar-refractivity contribution is 7.16. The molecule has 2 aliphatic heterocycles. The summed E-state index contributed by atoms with van der Waals surface area (Å²) in [7, 11) is 0. The first-order chi connectivity index (χ1) is 14.7. The zero-order valence-electron chi connectivity index (χ0n) is 17.4. The Morgan fingerprint density at radius 1 is 1.40 bits per heavy atom. The highest BCUT2D eigenvalue weighted by Crippen LogP contribution is 2.50. The van der Waals surface area contributed by atoms with Crippen LogP contribution in [0.1, 0.15) is 38.1 Å². The average molecular weight is 425 g/mol. The van der Waals surface area contributed by atoms with Gasteiger partial charge in [-0.05, 0) is 49.8 Å². The number of allylic oxidation sites excluding steroid dienone is 3. The van der Waals surface area contributed by atoms with Gasteiger partial charge in [-0.25, -0.2) is 4.99 Å². The SMILES string of the molecule is Cc1cc2c(s1)NC1=C(N=C2N2CCN[C@@H](CCc3ccoc3)C2)C2CC2C=CC1.[HH].[HH]. The van der Waals surface area contributed by atoms with Gasteiger partial charge in [0.05, 0.1) is 23.8 Å². The van der Waals surface area contributed by atoms with Crippen LogP contribution in [0.2, 0.25) is 0 Å². The first kappa shape index (κ1) is 18.5. The molecule has 5 nitrogen and oxygen atoms in total. The van der Waals surface area contributed by atoms with Gasteiger partial charge in [0.15, 0.2) is 0 Å². The predicted molar refractivity (Wildman–Crippen MR) is 126 cm³/mol. The van der Waals surface area contributed by atoms with Crippen molar-refractivity contribution < 1.29 is 7.27 Å². The molecular weight excluding hydrogens is 392 g/mol. The van der Waals surface area contributed by atoms with Crippen LogP contribution in [0.3, 0.4) is 0 Å². The first-order valence-electron chi connectivity index (χ1n) is 11.1. The molecule has 2 aromatic rings. The second-order valence-electron chi connectivity index (χ2n) is 8.93. The Morgan fingerprint density at radius 3 is 3.27 bits per heavy atom. The normalized spacial score (nSPS) is 27.4. The minimum absolute atomic E-state index is 0. The molecule has 6 rings (SSSR count). The van der Waals surface area contributed by atoms with Gasteiger partial charge in [-0.2, -0.15) is 0 Å². The molecule has 4 heterocycles. The third kappa shape index (κ3) is 3.42. The Labute approximate surface area is 184 Å². The second kappa shape index (κ2) is 7.43. The standard InChI is InChI=1S/C24H28N4OS.2H2/c1-15-11-20-23(28-9-8-25-18(13-28)6-5-16-7-10-29-14-16)27-22-19-12-17(19)3-2-4-21(22)26-24(20)30-15;;/h2-3,7,10-11,14,17-19,25-26H,4-6,8-9,12-13H2,1H3;2*1H/t17?,18-,19?;;/m0../s1. The molecule has 2 N–H and O–H groups in total. The van der Waals surface area contributed by atoms with E-state index in [1.165, 1.54) is 44.7 Å². The number of aryl methyl sites for hydroxylation is 2. The Kier molecular flexibility index (Phi) is 4.57. The average Bonchev–Trinajstić information content (AvgIpc) is 3.22. The Hall–Kier alpha value is -2.31. The van der Waals surface area contributed by atoms with Crippen LogP contribution in [-0.4, -0.2) is 36.4 Å². The monoisotopic (exact) mass is 424 g/mol. The number of furan rings is 1. The molecule has 3 atom stereocenters. The molecule has 0 spiro atoms. The largest absolute Gasteiger partial charge is 0.472 e. The van der Waals surface area contributed by atoms with Crippen LogP contribution in [0.4, 0.5) is 5.00 Å². The van der Waals surface area contributed by atoms with Crippen LogP contribution in [0, 0.1) is 18.8 Å². The third-order valence-electron chi connectivity index (χ3n) is 6.71. The van der Waals surface area contributed by atoms with Gasteiger partial charge in [0.25, 0.3) is 0 Å². The van der Waals surface area contributed by atoms with Gasteiger partial charge in [-0.15, -0.1) is 11.3 Å². The molecule has 2 unspecified atom stereocenters. The number of aliphatic imine (C=N–C) groups is 1. The fourth-order valence-corrected chi connectivity index (χ4v) is 5.94. The van der Waals surface area contributed by atoms with Crippen molar-refractivity contribution >= 4 is 22.2 Å². The Balaban J connectivity index is 0.00000122. The lowest BCUT2D eigenvalue weighted by molar-refractivity contribution is 0.282. The van der Waals surface area contributed by atoms with Crippen molar-refractivity contribution in [3.05, 3.63) is 64.2 Å². The highest BCUT2D eigenvalue weighted by Gasteiger charge is 2.42. The number of rotatable bonds is 3. The van der Waals surface area contributed by atoms with Crippen LogP contribution in [0.25, 0.3) is 0 Å². The molecular formula is C24H32N4OS. The van der Waals surface area contributed by atoms with Gasteiger partial charge in [0.1, 0.15) is 10.8 Å². The van der Waals surface area contributed by atoms with Gasteiger partial charge in [0.2, 0.25) is 0 Å². The van der Waals surface area contributed by atoms with Crippen LogP contribution in [0.15, 0.2) is 57.6 Å². The van der Waals surface area contributed by atoms with Gasteiger partial charge < -0.3 is 20.0 Å². The molecule has 2 aromatic heterocycles. The van der Waals surface area contributed by atoms with Crippen molar-refractivity contribution in [1.29, 1.82) is 0 Å². The summed E-state index contributed by atoms with van der Waals surface area (Å²) in [6.07, 6.45) is 12.7. The topological polar surface area (TPSA) is 52.8 Å². The molecule has 1 saturated heterocycles. The van der Waals surface area contributed by atoms with Gasteiger partial charge in [-0.1, -0.05) is 12.2 Å². The highest BCUT2D eigenvalue weighted by atomic mass is 32.1. The van der Waals surface area contributed by atoms with Crippen molar-refractivity contribution in [2.75, 3.05) is 25.0 Å². The summed E-state index contributed by atoms with van der Waals surface area (Å²) in [6, 6.07) is 4.86. The maximum atomic E-state index is 5.39. The minimum atomic E-state index is 0. The quantitative estimate of drug-likeness (QED) is 0.679. The molecule has 1 saturated carbocycles. The van der Waals surface area contributed by atoms with E-state index >= 15 is 0 Å². The molecule has 0 amide bonds. The fraction of sp³-hybridized carbons (Fsp3) is 0.458. The van der Waals surface area contributed by atoms with E-state index in [0.29, 0.717) is 17.9 Å². The van der Waals surface area contributed by atoms with Crippen molar-refractivity contribution in [3.63, 3.8) is 0 Å². The Bertz CT molecular complexity index is 1040. The lowest BCUT2D eigenvalue weighted by Gasteiger charge is -2.36. The summed E-state index contributed by atoms with van der Waals surface area (Å²) >= 11 is 1.86. The molecule has 0 bridgehead atoms. The smallest absolute Gasteiger partial charge is 0.139 e. The molecule has 6 heteroatoms. The minimum Gasteiger partial charge on any atom is -0.472 e. The van der Waals surface area contributed by atoms with Crippen LogP contribution < -0.4 is 10.6 Å². The molecule has 2 aliphatic carbocycles. The second-order valence-corrected chi connectivity index (χ2v) is 10.2. The Morgan fingerprint density at radius 2 is 2.37 bits per heavy atom. The molecule has 2 fully saturated rings. The summed E-state index contributed by atoms with van der Waals surface area (Å²) in [6.45, 7) is 5.20. The van der Waals surface area contributed by atoms with E-state index < -0.39 is 0 Å². The van der Waals surface area contributed by atoms with Crippen molar-refractivity contribution in [2.45, 2.75) is 38.6 Å². The van der Waals surface area contributed by atoms with Gasteiger partial charge in [0, 0.05) is 51.4 Å². The van der Waals surface area contributed by atoms with E-state index in [1.807, 2.05) is 17.6 Å². The van der Waals surface area contributed by atoms with Crippen molar-refractivity contribution in [3.8, 4) is 0 Å². The number of fused-ring (bicyclic) bond motifs is 3. The van der Waals surface area contributed by atoms with E-state index in [0.717, 1.165) is 38.9 Å². The number of piperazine rings is 1. The summed E-state index contributed by atoms with van der Waals surface area (Å²) in [4.78, 5) is 9.25. The zero-order valence-corrected chi connectivity index (χ0v) is 18.2. The maximum absolute atomic E-state index is 5.39. The van der Waals surface area contributed by atoms with E-state index in [4.69, 9.17) is 9.41 Å². The number of thiophene rings is 1. The number of hydrogen-bond acceptors (Lipinski definition) is 6. The summed E-state index contributed by atoms with van der Waals surface area (Å²) in [5.41, 5.74) is 5.17. The van der Waals surface area contributed by atoms with Crippen LogP contribution >= 0.6 is 11.3 Å².